The number of amidine groups is 1. The Morgan fingerprint density at radius 1 is 1.46 bits per heavy atom. The fraction of sp³-hybridized carbons (Fsp3) is 0.688. The SMILES string of the molecule is CC(=N)N1CC[C@H](SC2=C(C(=O)O)N3C(=O)[C@H]([C@@H](C)O)[C@@H]3[C@H]2C)C1. The Labute approximate surface area is 145 Å². The molecule has 2 fully saturated rings. The minimum absolute atomic E-state index is 0.0874. The first kappa shape index (κ1) is 17.3. The molecule has 0 bridgehead atoms. The maximum Gasteiger partial charge on any atom is 0.353 e. The Balaban J connectivity index is 1.83. The van der Waals surface area contributed by atoms with E-state index < -0.39 is 18.0 Å². The van der Waals surface area contributed by atoms with Crippen LogP contribution in [0.3, 0.4) is 0 Å². The number of hydrogen-bond acceptors (Lipinski definition) is 5. The van der Waals surface area contributed by atoms with Crippen molar-refractivity contribution >= 4 is 29.5 Å². The van der Waals surface area contributed by atoms with Gasteiger partial charge in [0.2, 0.25) is 5.91 Å². The smallest absolute Gasteiger partial charge is 0.353 e. The number of hydrogen-bond donors (Lipinski definition) is 3. The maximum absolute atomic E-state index is 12.3. The average molecular weight is 353 g/mol. The predicted molar refractivity (Wildman–Crippen MR) is 90.6 cm³/mol. The highest BCUT2D eigenvalue weighted by Gasteiger charge is 2.60. The third kappa shape index (κ3) is 2.52. The second kappa shape index (κ2) is 6.07. The lowest BCUT2D eigenvalue weighted by atomic mass is 9.79. The van der Waals surface area contributed by atoms with Crippen LogP contribution in [0.15, 0.2) is 10.6 Å². The first-order chi connectivity index (χ1) is 11.2. The van der Waals surface area contributed by atoms with Gasteiger partial charge in [0.25, 0.3) is 0 Å². The lowest BCUT2D eigenvalue weighted by Gasteiger charge is -2.46. The molecule has 8 heteroatoms. The van der Waals surface area contributed by atoms with E-state index in [1.807, 2.05) is 11.8 Å². The van der Waals surface area contributed by atoms with Crippen LogP contribution in [0, 0.1) is 17.2 Å². The van der Waals surface area contributed by atoms with E-state index >= 15 is 0 Å². The van der Waals surface area contributed by atoms with Crippen molar-refractivity contribution in [3.05, 3.63) is 10.6 Å². The minimum atomic E-state index is -1.08. The molecule has 0 spiro atoms. The summed E-state index contributed by atoms with van der Waals surface area (Å²) in [5.41, 5.74) is 0.0874. The van der Waals surface area contributed by atoms with Gasteiger partial charge in [-0.1, -0.05) is 6.92 Å². The number of amides is 1. The Morgan fingerprint density at radius 2 is 2.12 bits per heavy atom. The van der Waals surface area contributed by atoms with E-state index in [2.05, 4.69) is 0 Å². The van der Waals surface area contributed by atoms with Gasteiger partial charge in [0.15, 0.2) is 0 Å². The number of likely N-dealkylation sites (tertiary alicyclic amines) is 1. The van der Waals surface area contributed by atoms with Crippen LogP contribution in [-0.4, -0.2) is 68.2 Å². The van der Waals surface area contributed by atoms with Gasteiger partial charge in [-0.2, -0.15) is 0 Å². The van der Waals surface area contributed by atoms with E-state index in [1.54, 1.807) is 13.8 Å². The molecule has 5 atom stereocenters. The molecule has 0 radical (unpaired) electrons. The third-order valence-corrected chi connectivity index (χ3v) is 6.76. The number of carboxylic acid groups (broad SMARTS) is 1. The Bertz CT molecular complexity index is 633. The van der Waals surface area contributed by atoms with E-state index in [0.29, 0.717) is 5.84 Å². The van der Waals surface area contributed by atoms with Crippen LogP contribution in [0.1, 0.15) is 27.2 Å². The van der Waals surface area contributed by atoms with E-state index in [4.69, 9.17) is 5.41 Å². The molecule has 1 amide bonds. The van der Waals surface area contributed by atoms with Gasteiger partial charge in [-0.05, 0) is 20.3 Å². The van der Waals surface area contributed by atoms with Crippen molar-refractivity contribution < 1.29 is 19.8 Å². The quantitative estimate of drug-likeness (QED) is 0.395. The summed E-state index contributed by atoms with van der Waals surface area (Å²) in [6.07, 6.45) is 0.116. The molecule has 3 aliphatic rings. The zero-order valence-corrected chi connectivity index (χ0v) is 14.8. The molecule has 0 saturated carbocycles. The molecule has 7 nitrogen and oxygen atoms in total. The number of β-lactam (4-membered cyclic amide) rings is 1. The fourth-order valence-electron chi connectivity index (χ4n) is 3.99. The topological polar surface area (TPSA) is 105 Å². The number of nitrogens with zero attached hydrogens (tertiary/aromatic N) is 2. The van der Waals surface area contributed by atoms with Gasteiger partial charge >= 0.3 is 5.97 Å². The number of aliphatic hydroxyl groups excluding tert-OH is 1. The third-order valence-electron chi connectivity index (χ3n) is 5.22. The number of nitrogens with one attached hydrogen (secondary N) is 1. The van der Waals surface area contributed by atoms with Crippen molar-refractivity contribution in [2.24, 2.45) is 11.8 Å². The van der Waals surface area contributed by atoms with Gasteiger partial charge in [0.1, 0.15) is 5.70 Å². The number of carboxylic acids is 1. The molecule has 3 N–H and O–H groups in total. The van der Waals surface area contributed by atoms with E-state index in [-0.39, 0.29) is 28.8 Å². The zero-order chi connectivity index (χ0) is 17.8. The summed E-state index contributed by atoms with van der Waals surface area (Å²) in [6.45, 7) is 6.80. The molecule has 0 aliphatic carbocycles. The summed E-state index contributed by atoms with van der Waals surface area (Å²) in [5, 5.41) is 27.4. The highest BCUT2D eigenvalue weighted by molar-refractivity contribution is 8.03. The molecule has 3 heterocycles. The predicted octanol–water partition coefficient (Wildman–Crippen LogP) is 0.945. The first-order valence-electron chi connectivity index (χ1n) is 8.19. The summed E-state index contributed by atoms with van der Waals surface area (Å²) in [4.78, 5) is 28.1. The Hall–Kier alpha value is -1.54. The summed E-state index contributed by atoms with van der Waals surface area (Å²) in [5.74, 6) is -1.45. The zero-order valence-electron chi connectivity index (χ0n) is 14.0. The Morgan fingerprint density at radius 3 is 2.62 bits per heavy atom. The molecule has 3 aliphatic heterocycles. The number of aliphatic carboxylic acids is 1. The van der Waals surface area contributed by atoms with Crippen molar-refractivity contribution in [2.75, 3.05) is 13.1 Å². The largest absolute Gasteiger partial charge is 0.477 e. The molecule has 0 aromatic heterocycles. The molecule has 0 aromatic carbocycles. The van der Waals surface area contributed by atoms with Crippen LogP contribution >= 0.6 is 11.8 Å². The summed E-state index contributed by atoms with van der Waals surface area (Å²) in [7, 11) is 0. The highest BCUT2D eigenvalue weighted by Crippen LogP contribution is 2.51. The monoisotopic (exact) mass is 353 g/mol. The average Bonchev–Trinajstić information content (AvgIpc) is 3.03. The van der Waals surface area contributed by atoms with Gasteiger partial charge < -0.3 is 20.0 Å². The number of thioether (sulfide) groups is 1. The van der Waals surface area contributed by atoms with E-state index in [1.165, 1.54) is 16.7 Å². The van der Waals surface area contributed by atoms with Crippen LogP contribution < -0.4 is 0 Å². The van der Waals surface area contributed by atoms with E-state index in [0.717, 1.165) is 24.4 Å². The van der Waals surface area contributed by atoms with Crippen LogP contribution in [0.25, 0.3) is 0 Å². The molecule has 0 aromatic rings. The van der Waals surface area contributed by atoms with Gasteiger partial charge in [-0.25, -0.2) is 4.79 Å². The van der Waals surface area contributed by atoms with Crippen molar-refractivity contribution in [3.8, 4) is 0 Å². The molecule has 24 heavy (non-hydrogen) atoms. The molecule has 0 unspecified atom stereocenters. The van der Waals surface area contributed by atoms with Crippen molar-refractivity contribution in [1.29, 1.82) is 5.41 Å². The first-order valence-corrected chi connectivity index (χ1v) is 9.07. The minimum Gasteiger partial charge on any atom is -0.477 e. The normalized spacial score (nSPS) is 33.6. The van der Waals surface area contributed by atoms with Gasteiger partial charge in [0, 0.05) is 29.2 Å². The second-order valence-corrected chi connectivity index (χ2v) is 8.17. The van der Waals surface area contributed by atoms with Gasteiger partial charge in [-0.15, -0.1) is 11.8 Å². The van der Waals surface area contributed by atoms with Crippen molar-refractivity contribution in [1.82, 2.24) is 9.80 Å². The standard InChI is InChI=1S/C16H23N3O4S/c1-7-12-11(8(2)20)15(21)19(12)13(16(22)23)14(7)24-10-4-5-18(6-10)9(3)17/h7-8,10-12,17,20H,4-6H2,1-3H3,(H,22,23)/t7-,8-,10+,11-,12+/m1/s1. The summed E-state index contributed by atoms with van der Waals surface area (Å²) in [6, 6.07) is -0.256. The van der Waals surface area contributed by atoms with Crippen LogP contribution in [-0.2, 0) is 9.59 Å². The summed E-state index contributed by atoms with van der Waals surface area (Å²) >= 11 is 1.53. The maximum atomic E-state index is 12.3. The van der Waals surface area contributed by atoms with Crippen LogP contribution in [0.4, 0.5) is 0 Å². The van der Waals surface area contributed by atoms with Gasteiger partial charge in [0.05, 0.1) is 23.9 Å². The Kier molecular flexibility index (Phi) is 4.37. The number of carbonyl (C=O) groups excluding carboxylic acids is 1. The van der Waals surface area contributed by atoms with Crippen LogP contribution in [0.5, 0.6) is 0 Å². The number of aliphatic hydroxyl groups is 1. The lowest BCUT2D eigenvalue weighted by Crippen LogP contribution is -2.63. The van der Waals surface area contributed by atoms with E-state index in [9.17, 15) is 19.8 Å². The molecular weight excluding hydrogens is 330 g/mol. The highest BCUT2D eigenvalue weighted by atomic mass is 32.2. The lowest BCUT2D eigenvalue weighted by molar-refractivity contribution is -0.163. The van der Waals surface area contributed by atoms with Gasteiger partial charge in [-0.3, -0.25) is 10.2 Å². The number of carbonyl (C=O) groups is 2. The molecule has 3 rings (SSSR count). The summed E-state index contributed by atoms with van der Waals surface area (Å²) < 4.78 is 0. The fourth-order valence-corrected chi connectivity index (χ4v) is 5.48. The number of fused-ring (bicyclic) bond motifs is 1. The molecular formula is C16H23N3O4S. The number of rotatable bonds is 4. The van der Waals surface area contributed by atoms with Crippen LogP contribution in [0.2, 0.25) is 0 Å². The second-order valence-electron chi connectivity index (χ2n) is 6.83. The van der Waals surface area contributed by atoms with Crippen molar-refractivity contribution in [3.63, 3.8) is 0 Å². The van der Waals surface area contributed by atoms with Crippen molar-refractivity contribution in [2.45, 2.75) is 44.6 Å². The molecule has 2 saturated heterocycles. The molecule has 132 valence electrons.